The van der Waals surface area contributed by atoms with Crippen LogP contribution in [0.15, 0.2) is 36.5 Å². The van der Waals surface area contributed by atoms with Gasteiger partial charge in [0.2, 0.25) is 0 Å². The summed E-state index contributed by atoms with van der Waals surface area (Å²) in [5.74, 6) is 0.447. The van der Waals surface area contributed by atoms with Crippen LogP contribution in [-0.4, -0.2) is 22.0 Å². The van der Waals surface area contributed by atoms with E-state index in [9.17, 15) is 9.59 Å². The number of benzene rings is 1. The molecule has 0 saturated heterocycles. The molecule has 1 heterocycles. The first-order chi connectivity index (χ1) is 8.65. The van der Waals surface area contributed by atoms with Gasteiger partial charge in [-0.05, 0) is 19.1 Å². The molecule has 0 unspecified atom stereocenters. The van der Waals surface area contributed by atoms with E-state index in [-0.39, 0.29) is 5.78 Å². The largest absolute Gasteiger partial charge is 0.324 e. The lowest BCUT2D eigenvalue weighted by molar-refractivity contribution is 0.101. The van der Waals surface area contributed by atoms with Crippen molar-refractivity contribution in [3.8, 4) is 0 Å². The Labute approximate surface area is 103 Å². The molecule has 0 radical (unpaired) electrons. The highest BCUT2D eigenvalue weighted by atomic mass is 16.2. The maximum atomic E-state index is 11.6. The Morgan fingerprint density at radius 3 is 2.72 bits per heavy atom. The first-order valence-electron chi connectivity index (χ1n) is 5.33. The Morgan fingerprint density at radius 2 is 2.06 bits per heavy atom. The number of urea groups is 1. The highest BCUT2D eigenvalue weighted by molar-refractivity contribution is 6.00. The third kappa shape index (κ3) is 2.94. The molecule has 3 N–H and O–H groups in total. The van der Waals surface area contributed by atoms with Gasteiger partial charge < -0.3 is 5.32 Å². The number of aromatic nitrogens is 2. The number of nitrogens with zero attached hydrogens (tertiary/aromatic N) is 1. The number of ketones is 1. The zero-order valence-corrected chi connectivity index (χ0v) is 9.73. The molecule has 0 bridgehead atoms. The Hall–Kier alpha value is -2.63. The van der Waals surface area contributed by atoms with Gasteiger partial charge in [-0.15, -0.1) is 0 Å². The minimum atomic E-state index is -0.403. The first kappa shape index (κ1) is 11.8. The van der Waals surface area contributed by atoms with Crippen LogP contribution in [-0.2, 0) is 0 Å². The number of carbonyl (C=O) groups is 2. The van der Waals surface area contributed by atoms with Crippen molar-refractivity contribution in [1.82, 2.24) is 10.2 Å². The zero-order chi connectivity index (χ0) is 13.0. The molecule has 0 aliphatic heterocycles. The summed E-state index contributed by atoms with van der Waals surface area (Å²) in [7, 11) is 0. The molecule has 1 aromatic heterocycles. The summed E-state index contributed by atoms with van der Waals surface area (Å²) in [4.78, 5) is 22.8. The molecule has 0 atom stereocenters. The number of carbonyl (C=O) groups excluding carboxylic acids is 2. The van der Waals surface area contributed by atoms with E-state index in [4.69, 9.17) is 0 Å². The van der Waals surface area contributed by atoms with Crippen LogP contribution in [0.2, 0.25) is 0 Å². The number of aromatic amines is 1. The molecule has 0 fully saturated rings. The van der Waals surface area contributed by atoms with Gasteiger partial charge in [-0.25, -0.2) is 4.79 Å². The maximum absolute atomic E-state index is 11.6. The molecule has 0 aliphatic carbocycles. The molecular formula is C12H12N4O2. The van der Waals surface area contributed by atoms with Crippen LogP contribution < -0.4 is 10.6 Å². The normalized spacial score (nSPS) is 9.83. The average molecular weight is 244 g/mol. The van der Waals surface area contributed by atoms with E-state index < -0.39 is 6.03 Å². The van der Waals surface area contributed by atoms with Gasteiger partial charge in [0, 0.05) is 17.3 Å². The summed E-state index contributed by atoms with van der Waals surface area (Å²) in [5.41, 5.74) is 1.11. The fourth-order valence-corrected chi connectivity index (χ4v) is 1.43. The Kier molecular flexibility index (Phi) is 3.38. The minimum absolute atomic E-state index is 0.0485. The van der Waals surface area contributed by atoms with Crippen LogP contribution in [0.3, 0.4) is 0 Å². The number of Topliss-reactive ketones (excluding diaryl/α,β-unsaturated/α-hetero) is 1. The third-order valence-corrected chi connectivity index (χ3v) is 2.28. The molecular weight excluding hydrogens is 232 g/mol. The number of nitrogens with one attached hydrogen (secondary N) is 3. The van der Waals surface area contributed by atoms with E-state index in [1.165, 1.54) is 13.1 Å². The molecule has 0 aliphatic rings. The summed E-state index contributed by atoms with van der Waals surface area (Å²) in [6, 6.07) is 7.96. The van der Waals surface area contributed by atoms with E-state index in [0.717, 1.165) is 0 Å². The predicted molar refractivity (Wildman–Crippen MR) is 67.7 cm³/mol. The second-order valence-corrected chi connectivity index (χ2v) is 3.69. The molecule has 2 rings (SSSR count). The van der Waals surface area contributed by atoms with E-state index >= 15 is 0 Å². The van der Waals surface area contributed by atoms with Crippen LogP contribution in [0.1, 0.15) is 17.3 Å². The number of hydrogen-bond donors (Lipinski definition) is 3. The lowest BCUT2D eigenvalue weighted by Gasteiger charge is -2.06. The molecule has 1 aromatic carbocycles. The van der Waals surface area contributed by atoms with Gasteiger partial charge in [0.15, 0.2) is 5.78 Å². The second-order valence-electron chi connectivity index (χ2n) is 3.69. The van der Waals surface area contributed by atoms with Gasteiger partial charge in [-0.1, -0.05) is 12.1 Å². The van der Waals surface area contributed by atoms with Gasteiger partial charge in [-0.3, -0.25) is 15.2 Å². The van der Waals surface area contributed by atoms with Gasteiger partial charge in [0.05, 0.1) is 6.20 Å². The monoisotopic (exact) mass is 244 g/mol. The molecule has 18 heavy (non-hydrogen) atoms. The molecule has 92 valence electrons. The predicted octanol–water partition coefficient (Wildman–Crippen LogP) is 2.26. The Morgan fingerprint density at radius 1 is 1.22 bits per heavy atom. The zero-order valence-electron chi connectivity index (χ0n) is 9.73. The smallest absolute Gasteiger partial charge is 0.308 e. The summed E-state index contributed by atoms with van der Waals surface area (Å²) in [6.07, 6.45) is 1.53. The van der Waals surface area contributed by atoms with Gasteiger partial charge in [0.25, 0.3) is 0 Å². The lowest BCUT2D eigenvalue weighted by Crippen LogP contribution is -2.19. The summed E-state index contributed by atoms with van der Waals surface area (Å²) >= 11 is 0. The van der Waals surface area contributed by atoms with Crippen molar-refractivity contribution >= 4 is 23.3 Å². The van der Waals surface area contributed by atoms with Crippen molar-refractivity contribution in [3.05, 3.63) is 42.1 Å². The van der Waals surface area contributed by atoms with Crippen molar-refractivity contribution in [3.63, 3.8) is 0 Å². The summed E-state index contributed by atoms with van der Waals surface area (Å²) < 4.78 is 0. The number of amides is 2. The van der Waals surface area contributed by atoms with E-state index in [0.29, 0.717) is 17.1 Å². The fourth-order valence-electron chi connectivity index (χ4n) is 1.43. The number of rotatable bonds is 3. The van der Waals surface area contributed by atoms with Crippen molar-refractivity contribution in [1.29, 1.82) is 0 Å². The highest BCUT2D eigenvalue weighted by Crippen LogP contribution is 2.11. The van der Waals surface area contributed by atoms with Crippen LogP contribution in [0.5, 0.6) is 0 Å². The Bertz CT molecular complexity index is 563. The molecule has 0 spiro atoms. The maximum Gasteiger partial charge on any atom is 0.324 e. The average Bonchev–Trinajstić information content (AvgIpc) is 2.82. The Balaban J connectivity index is 2.03. The van der Waals surface area contributed by atoms with E-state index in [2.05, 4.69) is 20.8 Å². The minimum Gasteiger partial charge on any atom is -0.308 e. The van der Waals surface area contributed by atoms with Crippen LogP contribution in [0.4, 0.5) is 16.3 Å². The molecule has 6 heteroatoms. The van der Waals surface area contributed by atoms with Crippen molar-refractivity contribution < 1.29 is 9.59 Å². The van der Waals surface area contributed by atoms with Gasteiger partial charge >= 0.3 is 6.03 Å². The topological polar surface area (TPSA) is 86.9 Å². The van der Waals surface area contributed by atoms with Gasteiger partial charge in [-0.2, -0.15) is 5.10 Å². The molecule has 2 amide bonds. The fraction of sp³-hybridized carbons (Fsp3) is 0.0833. The number of hydrogen-bond acceptors (Lipinski definition) is 3. The summed E-state index contributed by atoms with van der Waals surface area (Å²) in [6.45, 7) is 1.48. The molecule has 2 aromatic rings. The van der Waals surface area contributed by atoms with Gasteiger partial charge in [0.1, 0.15) is 5.82 Å². The first-order valence-corrected chi connectivity index (χ1v) is 5.33. The van der Waals surface area contributed by atoms with E-state index in [1.807, 2.05) is 0 Å². The molecule has 6 nitrogen and oxygen atoms in total. The number of H-pyrrole nitrogens is 1. The van der Waals surface area contributed by atoms with E-state index in [1.54, 1.807) is 30.3 Å². The van der Waals surface area contributed by atoms with Crippen molar-refractivity contribution in [2.45, 2.75) is 6.92 Å². The van der Waals surface area contributed by atoms with Crippen molar-refractivity contribution in [2.24, 2.45) is 0 Å². The van der Waals surface area contributed by atoms with Crippen LogP contribution in [0, 0.1) is 0 Å². The quantitative estimate of drug-likeness (QED) is 0.724. The second kappa shape index (κ2) is 5.13. The highest BCUT2D eigenvalue weighted by Gasteiger charge is 2.05. The number of anilines is 2. The van der Waals surface area contributed by atoms with Crippen LogP contribution in [0.25, 0.3) is 0 Å². The SMILES string of the molecule is CC(=O)c1cccc(NC(=O)Nc2ccn[nH]2)c1. The molecule has 0 saturated carbocycles. The third-order valence-electron chi connectivity index (χ3n) is 2.28. The van der Waals surface area contributed by atoms with Crippen LogP contribution >= 0.6 is 0 Å². The lowest BCUT2D eigenvalue weighted by atomic mass is 10.1. The summed E-state index contributed by atoms with van der Waals surface area (Å²) in [5, 5.41) is 11.5. The standard InChI is InChI=1S/C12H12N4O2/c1-8(17)9-3-2-4-10(7-9)14-12(18)15-11-5-6-13-16-11/h2-7H,1H3,(H3,13,14,15,16,18). The van der Waals surface area contributed by atoms with Crippen molar-refractivity contribution in [2.75, 3.05) is 10.6 Å².